The smallest absolute Gasteiger partial charge is 0.170 e. The number of nitrogens with one attached hydrogen (secondary N) is 1. The molecule has 1 aliphatic rings. The summed E-state index contributed by atoms with van der Waals surface area (Å²) in [6.07, 6.45) is -0.495. The summed E-state index contributed by atoms with van der Waals surface area (Å²) in [7, 11) is 0. The van der Waals surface area contributed by atoms with Gasteiger partial charge in [0.2, 0.25) is 0 Å². The molecule has 7 aromatic rings. The molecule has 6 heteroatoms. The van der Waals surface area contributed by atoms with Gasteiger partial charge in [0, 0.05) is 49.3 Å². The molecular formula is C33H20ClN3O2. The van der Waals surface area contributed by atoms with Crippen molar-refractivity contribution in [2.24, 2.45) is 9.98 Å². The third-order valence-corrected chi connectivity index (χ3v) is 7.45. The predicted molar refractivity (Wildman–Crippen MR) is 158 cm³/mol. The Bertz CT molecular complexity index is 2120. The first-order chi connectivity index (χ1) is 19.2. The zero-order valence-corrected chi connectivity index (χ0v) is 21.3. The average Bonchev–Trinajstić information content (AvgIpc) is 3.55. The van der Waals surface area contributed by atoms with E-state index in [1.165, 1.54) is 0 Å². The van der Waals surface area contributed by atoms with E-state index in [1.807, 2.05) is 78.9 Å². The zero-order chi connectivity index (χ0) is 25.9. The fourth-order valence-electron chi connectivity index (χ4n) is 5.48. The van der Waals surface area contributed by atoms with E-state index in [2.05, 4.69) is 35.6 Å². The number of fused-ring (bicyclic) bond motifs is 6. The van der Waals surface area contributed by atoms with E-state index in [0.717, 1.165) is 72.2 Å². The summed E-state index contributed by atoms with van der Waals surface area (Å²) in [5.74, 6) is 1.49. The maximum Gasteiger partial charge on any atom is 0.170 e. The van der Waals surface area contributed by atoms with Crippen LogP contribution >= 0.6 is 11.6 Å². The van der Waals surface area contributed by atoms with E-state index in [9.17, 15) is 0 Å². The van der Waals surface area contributed by atoms with E-state index in [0.29, 0.717) is 5.02 Å². The van der Waals surface area contributed by atoms with Crippen molar-refractivity contribution in [3.8, 4) is 0 Å². The van der Waals surface area contributed by atoms with Gasteiger partial charge in [-0.3, -0.25) is 0 Å². The summed E-state index contributed by atoms with van der Waals surface area (Å²) >= 11 is 6.27. The van der Waals surface area contributed by atoms with Crippen LogP contribution in [-0.2, 0) is 0 Å². The highest BCUT2D eigenvalue weighted by atomic mass is 35.5. The molecule has 1 N–H and O–H groups in total. The highest BCUT2D eigenvalue weighted by Gasteiger charge is 2.25. The lowest BCUT2D eigenvalue weighted by atomic mass is 10.0. The van der Waals surface area contributed by atoms with Gasteiger partial charge in [0.05, 0.1) is 0 Å². The first-order valence-electron chi connectivity index (χ1n) is 12.7. The minimum Gasteiger partial charge on any atom is -0.456 e. The van der Waals surface area contributed by atoms with Gasteiger partial charge in [-0.1, -0.05) is 84.4 Å². The molecule has 8 rings (SSSR count). The Labute approximate surface area is 228 Å². The molecular weight excluding hydrogens is 506 g/mol. The largest absolute Gasteiger partial charge is 0.456 e. The number of benzene rings is 5. The lowest BCUT2D eigenvalue weighted by Gasteiger charge is -2.23. The summed E-state index contributed by atoms with van der Waals surface area (Å²) in [6, 6.07) is 36.1. The highest BCUT2D eigenvalue weighted by Crippen LogP contribution is 2.38. The number of para-hydroxylation sites is 1. The summed E-state index contributed by atoms with van der Waals surface area (Å²) in [4.78, 5) is 10.3. The molecule has 1 aliphatic heterocycles. The molecule has 1 atom stereocenters. The number of amidine groups is 2. The van der Waals surface area contributed by atoms with Crippen molar-refractivity contribution < 1.29 is 8.83 Å². The van der Waals surface area contributed by atoms with Gasteiger partial charge < -0.3 is 14.2 Å². The number of hydrogen-bond donors (Lipinski definition) is 1. The monoisotopic (exact) mass is 525 g/mol. The Balaban J connectivity index is 1.38. The van der Waals surface area contributed by atoms with Gasteiger partial charge in [0.15, 0.2) is 6.17 Å². The van der Waals surface area contributed by atoms with Crippen molar-refractivity contribution in [3.63, 3.8) is 0 Å². The normalized spacial score (nSPS) is 15.6. The molecule has 5 nitrogen and oxygen atoms in total. The second-order valence-corrected chi connectivity index (χ2v) is 10.00. The third kappa shape index (κ3) is 3.55. The van der Waals surface area contributed by atoms with Gasteiger partial charge in [0.1, 0.15) is 34.0 Å². The predicted octanol–water partition coefficient (Wildman–Crippen LogP) is 8.63. The van der Waals surface area contributed by atoms with Crippen LogP contribution < -0.4 is 5.32 Å². The summed E-state index contributed by atoms with van der Waals surface area (Å²) in [5.41, 5.74) is 6.09. The van der Waals surface area contributed by atoms with Crippen molar-refractivity contribution in [2.75, 3.05) is 0 Å². The van der Waals surface area contributed by atoms with E-state index in [1.54, 1.807) is 0 Å². The van der Waals surface area contributed by atoms with Gasteiger partial charge in [0.25, 0.3) is 0 Å². The van der Waals surface area contributed by atoms with Gasteiger partial charge in [-0.2, -0.15) is 0 Å². The van der Waals surface area contributed by atoms with Crippen molar-refractivity contribution in [3.05, 3.63) is 131 Å². The number of nitrogens with zero attached hydrogens (tertiary/aromatic N) is 2. The van der Waals surface area contributed by atoms with Crippen LogP contribution in [0.4, 0.5) is 0 Å². The van der Waals surface area contributed by atoms with E-state index in [4.69, 9.17) is 30.4 Å². The highest BCUT2D eigenvalue weighted by molar-refractivity contribution is 6.31. The lowest BCUT2D eigenvalue weighted by Crippen LogP contribution is -2.36. The molecule has 0 radical (unpaired) electrons. The molecule has 0 bridgehead atoms. The molecule has 0 amide bonds. The summed E-state index contributed by atoms with van der Waals surface area (Å²) in [6.45, 7) is 0. The molecule has 5 aromatic carbocycles. The van der Waals surface area contributed by atoms with Gasteiger partial charge in [-0.15, -0.1) is 0 Å². The van der Waals surface area contributed by atoms with Crippen LogP contribution in [-0.4, -0.2) is 11.7 Å². The van der Waals surface area contributed by atoms with E-state index in [-0.39, 0.29) is 0 Å². The Morgan fingerprint density at radius 3 is 2.18 bits per heavy atom. The number of halogens is 1. The van der Waals surface area contributed by atoms with Crippen LogP contribution in [0.1, 0.15) is 22.9 Å². The second kappa shape index (κ2) is 8.58. The molecule has 2 aromatic heterocycles. The Morgan fingerprint density at radius 2 is 1.28 bits per heavy atom. The van der Waals surface area contributed by atoms with E-state index >= 15 is 0 Å². The van der Waals surface area contributed by atoms with Gasteiger partial charge in [-0.25, -0.2) is 9.98 Å². The Hall–Kier alpha value is -4.87. The molecule has 0 saturated heterocycles. The van der Waals surface area contributed by atoms with Gasteiger partial charge in [-0.05, 0) is 30.3 Å². The maximum absolute atomic E-state index is 6.27. The third-order valence-electron chi connectivity index (χ3n) is 7.21. The Kier molecular flexibility index (Phi) is 4.87. The maximum atomic E-state index is 6.27. The average molecular weight is 526 g/mol. The van der Waals surface area contributed by atoms with Crippen LogP contribution in [0.15, 0.2) is 128 Å². The summed E-state index contributed by atoms with van der Waals surface area (Å²) < 4.78 is 12.3. The molecule has 3 heterocycles. The van der Waals surface area contributed by atoms with Crippen LogP contribution in [0.5, 0.6) is 0 Å². The van der Waals surface area contributed by atoms with Crippen molar-refractivity contribution in [2.45, 2.75) is 6.17 Å². The number of furan rings is 2. The second-order valence-electron chi connectivity index (χ2n) is 9.56. The van der Waals surface area contributed by atoms with Crippen LogP contribution in [0, 0.1) is 0 Å². The molecule has 0 saturated carbocycles. The molecule has 39 heavy (non-hydrogen) atoms. The van der Waals surface area contributed by atoms with Crippen LogP contribution in [0.3, 0.4) is 0 Å². The number of aliphatic imine (C=N–C) groups is 2. The topological polar surface area (TPSA) is 63.0 Å². The quantitative estimate of drug-likeness (QED) is 0.251. The molecule has 1 unspecified atom stereocenters. The first kappa shape index (κ1) is 22.1. The molecule has 0 fully saturated rings. The molecule has 0 spiro atoms. The number of rotatable bonds is 3. The van der Waals surface area contributed by atoms with Crippen molar-refractivity contribution in [1.29, 1.82) is 0 Å². The van der Waals surface area contributed by atoms with Crippen LogP contribution in [0.2, 0.25) is 5.02 Å². The number of hydrogen-bond acceptors (Lipinski definition) is 5. The standard InChI is InChI=1S/C33H20ClN3O2/c34-20-16-17-22-28(18-20)39-27-15-7-12-24(30(22)27)33-36-31(19-8-2-1-3-9-19)35-32(37-33)23-11-6-14-26-29(23)21-10-4-5-13-25(21)38-26/h1-18,33H,(H,35,36,37). The van der Waals surface area contributed by atoms with Crippen molar-refractivity contribution >= 4 is 67.1 Å². The molecule has 186 valence electrons. The van der Waals surface area contributed by atoms with E-state index < -0.39 is 6.17 Å². The zero-order valence-electron chi connectivity index (χ0n) is 20.6. The minimum atomic E-state index is -0.495. The molecule has 0 aliphatic carbocycles. The first-order valence-corrected chi connectivity index (χ1v) is 13.1. The summed E-state index contributed by atoms with van der Waals surface area (Å²) in [5, 5.41) is 8.22. The van der Waals surface area contributed by atoms with Gasteiger partial charge >= 0.3 is 0 Å². The fourth-order valence-corrected chi connectivity index (χ4v) is 5.65. The lowest BCUT2D eigenvalue weighted by molar-refractivity contribution is 0.667. The Morgan fingerprint density at radius 1 is 0.590 bits per heavy atom. The van der Waals surface area contributed by atoms with Crippen LogP contribution in [0.25, 0.3) is 43.9 Å². The minimum absolute atomic E-state index is 0.495. The SMILES string of the molecule is Clc1ccc2c(c1)oc1cccc(C3N=C(c4ccccc4)NC(c4cccc5oc6ccccc6c45)=N3)c12. The van der Waals surface area contributed by atoms with Crippen molar-refractivity contribution in [1.82, 2.24) is 5.32 Å². The fraction of sp³-hybridized carbons (Fsp3) is 0.0303.